The summed E-state index contributed by atoms with van der Waals surface area (Å²) in [4.78, 5) is 18.4. The van der Waals surface area contributed by atoms with Crippen LogP contribution in [0.3, 0.4) is 0 Å². The summed E-state index contributed by atoms with van der Waals surface area (Å²) in [6.45, 7) is -0.473. The molecule has 0 bridgehead atoms. The second-order valence-electron chi connectivity index (χ2n) is 3.63. The van der Waals surface area contributed by atoms with Crippen LogP contribution < -0.4 is 11.4 Å². The number of nitrogen functional groups attached to an aromatic ring is 1. The van der Waals surface area contributed by atoms with Crippen LogP contribution in [0.2, 0.25) is 0 Å². The molecule has 0 aliphatic carbocycles. The van der Waals surface area contributed by atoms with Crippen LogP contribution in [0.5, 0.6) is 0 Å². The summed E-state index contributed by atoms with van der Waals surface area (Å²) >= 11 is 0. The molecule has 2 heterocycles. The molecule has 0 spiro atoms. The topological polar surface area (TPSA) is 144 Å². The highest BCUT2D eigenvalue weighted by atomic mass is 16.6. The Morgan fingerprint density at radius 3 is 2.71 bits per heavy atom. The van der Waals surface area contributed by atoms with Crippen molar-refractivity contribution in [2.75, 3.05) is 12.3 Å². The molecule has 1 fully saturated rings. The van der Waals surface area contributed by atoms with E-state index in [0.717, 1.165) is 10.9 Å². The highest BCUT2D eigenvalue weighted by Crippen LogP contribution is 2.27. The molecular weight excluding hydrogens is 232 g/mol. The van der Waals surface area contributed by atoms with E-state index in [1.165, 1.54) is 0 Å². The molecule has 1 aliphatic heterocycles. The molecule has 17 heavy (non-hydrogen) atoms. The average molecular weight is 244 g/mol. The standard InChI is InChI=1S/C8H12N4O5/c9-7-10-2-12(8(16)11-7)6-5(15)4(14)3(1-13)17-6/h2-6,13-15H,1H2,(H2,9,11,16)/t3-,4?,5?,6?/m1/s1. The van der Waals surface area contributed by atoms with Crippen LogP contribution in [0.4, 0.5) is 5.95 Å². The van der Waals surface area contributed by atoms with Crippen molar-refractivity contribution in [1.82, 2.24) is 14.5 Å². The average Bonchev–Trinajstić information content (AvgIpc) is 2.57. The van der Waals surface area contributed by atoms with E-state index in [-0.39, 0.29) is 5.95 Å². The molecule has 94 valence electrons. The first-order chi connectivity index (χ1) is 8.04. The first-order valence-corrected chi connectivity index (χ1v) is 4.87. The van der Waals surface area contributed by atoms with Crippen LogP contribution in [0.25, 0.3) is 0 Å². The van der Waals surface area contributed by atoms with Gasteiger partial charge in [-0.15, -0.1) is 0 Å². The van der Waals surface area contributed by atoms with Crippen LogP contribution in [0.15, 0.2) is 11.1 Å². The molecule has 9 heteroatoms. The van der Waals surface area contributed by atoms with Crippen LogP contribution in [-0.4, -0.2) is 54.8 Å². The summed E-state index contributed by atoms with van der Waals surface area (Å²) in [5.41, 5.74) is 4.46. The van der Waals surface area contributed by atoms with Crippen molar-refractivity contribution < 1.29 is 20.1 Å². The first kappa shape index (κ1) is 11.9. The summed E-state index contributed by atoms with van der Waals surface area (Å²) in [6.07, 6.45) is -3.67. The quantitative estimate of drug-likeness (QED) is 0.426. The molecule has 1 saturated heterocycles. The maximum atomic E-state index is 11.5. The van der Waals surface area contributed by atoms with Gasteiger partial charge in [-0.25, -0.2) is 9.78 Å². The number of ether oxygens (including phenoxy) is 1. The minimum atomic E-state index is -1.35. The second kappa shape index (κ2) is 4.37. The lowest BCUT2D eigenvalue weighted by molar-refractivity contribution is -0.0554. The van der Waals surface area contributed by atoms with Gasteiger partial charge in [0.1, 0.15) is 24.6 Å². The SMILES string of the molecule is Nc1ncn(C2O[C@H](CO)C(O)C2O)c(=O)n1. The number of nitrogens with zero attached hydrogens (tertiary/aromatic N) is 3. The predicted octanol–water partition coefficient (Wildman–Crippen LogP) is -3.17. The van der Waals surface area contributed by atoms with E-state index in [0.29, 0.717) is 0 Å². The normalized spacial score (nSPS) is 32.9. The van der Waals surface area contributed by atoms with Gasteiger partial charge in [0, 0.05) is 0 Å². The van der Waals surface area contributed by atoms with Gasteiger partial charge >= 0.3 is 5.69 Å². The Kier molecular flexibility index (Phi) is 3.07. The molecule has 2 rings (SSSR count). The minimum Gasteiger partial charge on any atom is -0.394 e. The van der Waals surface area contributed by atoms with Gasteiger partial charge < -0.3 is 25.8 Å². The maximum Gasteiger partial charge on any atom is 0.354 e. The van der Waals surface area contributed by atoms with E-state index in [1.807, 2.05) is 0 Å². The summed E-state index contributed by atoms with van der Waals surface area (Å²) in [6, 6.07) is 0. The molecule has 0 aromatic carbocycles. The lowest BCUT2D eigenvalue weighted by atomic mass is 10.1. The van der Waals surface area contributed by atoms with Crippen molar-refractivity contribution in [1.29, 1.82) is 0 Å². The monoisotopic (exact) mass is 244 g/mol. The smallest absolute Gasteiger partial charge is 0.354 e. The number of nitrogens with two attached hydrogens (primary N) is 1. The van der Waals surface area contributed by atoms with Gasteiger partial charge in [0.15, 0.2) is 6.23 Å². The largest absolute Gasteiger partial charge is 0.394 e. The fourth-order valence-corrected chi connectivity index (χ4v) is 1.64. The number of hydrogen-bond donors (Lipinski definition) is 4. The molecule has 4 atom stereocenters. The Balaban J connectivity index is 2.32. The summed E-state index contributed by atoms with van der Waals surface area (Å²) in [5.74, 6) is -0.196. The Morgan fingerprint density at radius 1 is 1.47 bits per heavy atom. The molecule has 5 N–H and O–H groups in total. The van der Waals surface area contributed by atoms with Crippen molar-refractivity contribution in [3.8, 4) is 0 Å². The Labute approximate surface area is 95.1 Å². The Hall–Kier alpha value is -1.55. The number of aliphatic hydroxyl groups is 3. The fourth-order valence-electron chi connectivity index (χ4n) is 1.64. The van der Waals surface area contributed by atoms with E-state index in [4.69, 9.17) is 15.6 Å². The molecular formula is C8H12N4O5. The highest BCUT2D eigenvalue weighted by molar-refractivity contribution is 5.10. The first-order valence-electron chi connectivity index (χ1n) is 4.87. The molecule has 0 saturated carbocycles. The van der Waals surface area contributed by atoms with Crippen LogP contribution >= 0.6 is 0 Å². The Morgan fingerprint density at radius 2 is 2.18 bits per heavy atom. The zero-order valence-electron chi connectivity index (χ0n) is 8.67. The Bertz CT molecular complexity index is 463. The van der Waals surface area contributed by atoms with Crippen molar-refractivity contribution in [3.05, 3.63) is 16.8 Å². The molecule has 1 aliphatic rings. The van der Waals surface area contributed by atoms with E-state index in [1.54, 1.807) is 0 Å². The fraction of sp³-hybridized carbons (Fsp3) is 0.625. The third-order valence-corrected chi connectivity index (χ3v) is 2.54. The number of anilines is 1. The molecule has 9 nitrogen and oxygen atoms in total. The van der Waals surface area contributed by atoms with Crippen LogP contribution in [-0.2, 0) is 4.74 Å². The molecule has 0 radical (unpaired) electrons. The van der Waals surface area contributed by atoms with E-state index < -0.39 is 36.8 Å². The van der Waals surface area contributed by atoms with E-state index >= 15 is 0 Å². The lowest BCUT2D eigenvalue weighted by Gasteiger charge is -2.16. The van der Waals surface area contributed by atoms with Gasteiger partial charge in [-0.05, 0) is 0 Å². The minimum absolute atomic E-state index is 0.196. The van der Waals surface area contributed by atoms with Gasteiger partial charge in [0.2, 0.25) is 5.95 Å². The maximum absolute atomic E-state index is 11.5. The van der Waals surface area contributed by atoms with Crippen molar-refractivity contribution in [2.24, 2.45) is 0 Å². The van der Waals surface area contributed by atoms with Crippen molar-refractivity contribution in [2.45, 2.75) is 24.5 Å². The molecule has 0 amide bonds. The molecule has 1 aromatic rings. The number of aliphatic hydroxyl groups excluding tert-OH is 3. The van der Waals surface area contributed by atoms with Crippen molar-refractivity contribution >= 4 is 5.95 Å². The van der Waals surface area contributed by atoms with Gasteiger partial charge in [-0.2, -0.15) is 4.98 Å². The third kappa shape index (κ3) is 2.00. The van der Waals surface area contributed by atoms with Crippen LogP contribution in [0.1, 0.15) is 6.23 Å². The van der Waals surface area contributed by atoms with Gasteiger partial charge in [0.05, 0.1) is 6.61 Å². The van der Waals surface area contributed by atoms with Gasteiger partial charge in [-0.3, -0.25) is 4.57 Å². The predicted molar refractivity (Wildman–Crippen MR) is 53.7 cm³/mol. The molecule has 1 aromatic heterocycles. The van der Waals surface area contributed by atoms with E-state index in [9.17, 15) is 15.0 Å². The van der Waals surface area contributed by atoms with Gasteiger partial charge in [-0.1, -0.05) is 0 Å². The second-order valence-corrected chi connectivity index (χ2v) is 3.63. The van der Waals surface area contributed by atoms with E-state index in [2.05, 4.69) is 9.97 Å². The summed E-state index contributed by atoms with van der Waals surface area (Å²) < 4.78 is 6.04. The zero-order chi connectivity index (χ0) is 12.6. The number of hydrogen-bond acceptors (Lipinski definition) is 8. The van der Waals surface area contributed by atoms with Crippen molar-refractivity contribution in [3.63, 3.8) is 0 Å². The summed E-state index contributed by atoms with van der Waals surface area (Å²) in [5, 5.41) is 28.1. The number of rotatable bonds is 2. The third-order valence-electron chi connectivity index (χ3n) is 2.54. The summed E-state index contributed by atoms with van der Waals surface area (Å²) in [7, 11) is 0. The lowest BCUT2D eigenvalue weighted by Crippen LogP contribution is -2.36. The highest BCUT2D eigenvalue weighted by Gasteiger charge is 2.43. The van der Waals surface area contributed by atoms with Crippen LogP contribution in [0, 0.1) is 0 Å². The van der Waals surface area contributed by atoms with Gasteiger partial charge in [0.25, 0.3) is 0 Å². The zero-order valence-corrected chi connectivity index (χ0v) is 8.67. The number of aromatic nitrogens is 3. The molecule has 3 unspecified atom stereocenters.